The van der Waals surface area contributed by atoms with Gasteiger partial charge in [-0.15, -0.1) is 0 Å². The van der Waals surface area contributed by atoms with E-state index >= 15 is 0 Å². The molecule has 3 N–H and O–H groups in total. The molecule has 0 amide bonds. The van der Waals surface area contributed by atoms with Gasteiger partial charge in [0.15, 0.2) is 15.8 Å². The van der Waals surface area contributed by atoms with Gasteiger partial charge in [0.25, 0.3) is 0 Å². The Labute approximate surface area is 113 Å². The minimum absolute atomic E-state index is 0.0887. The summed E-state index contributed by atoms with van der Waals surface area (Å²) in [4.78, 5) is 7.26. The lowest BCUT2D eigenvalue weighted by molar-refractivity contribution is 0.597. The number of aromatic amines is 1. The Hall–Kier alpha value is -1.34. The minimum atomic E-state index is -3.17. The van der Waals surface area contributed by atoms with Gasteiger partial charge < -0.3 is 10.7 Å². The first-order valence-electron chi connectivity index (χ1n) is 5.28. The molecule has 5 nitrogen and oxygen atoms in total. The summed E-state index contributed by atoms with van der Waals surface area (Å²) in [7, 11) is -3.17. The highest BCUT2D eigenvalue weighted by Gasteiger charge is 2.13. The molecule has 0 radical (unpaired) electrons. The monoisotopic (exact) mass is 329 g/mol. The predicted octanol–water partition coefficient (Wildman–Crippen LogP) is 2.21. The quantitative estimate of drug-likeness (QED) is 0.903. The molecular formula is C11H12BrN3O2S. The summed E-state index contributed by atoms with van der Waals surface area (Å²) in [6, 6.07) is 6.57. The first kappa shape index (κ1) is 13.1. The van der Waals surface area contributed by atoms with Gasteiger partial charge in [0.1, 0.15) is 10.3 Å². The van der Waals surface area contributed by atoms with Crippen molar-refractivity contribution in [3.63, 3.8) is 0 Å². The van der Waals surface area contributed by atoms with E-state index < -0.39 is 9.84 Å². The maximum atomic E-state index is 11.7. The van der Waals surface area contributed by atoms with Crippen LogP contribution in [0.25, 0.3) is 11.3 Å². The Balaban J connectivity index is 2.42. The van der Waals surface area contributed by atoms with Gasteiger partial charge in [-0.3, -0.25) is 0 Å². The Morgan fingerprint density at radius 3 is 2.39 bits per heavy atom. The number of halogens is 1. The third kappa shape index (κ3) is 2.41. The SMILES string of the molecule is CCS(=O)(=O)c1ccc(-c2nc(N)[nH]c2Br)cc1. The molecule has 0 saturated carbocycles. The molecule has 2 rings (SSSR count). The number of rotatable bonds is 3. The molecule has 1 heterocycles. The van der Waals surface area contributed by atoms with Crippen LogP contribution in [0.3, 0.4) is 0 Å². The summed E-state index contributed by atoms with van der Waals surface area (Å²) in [5.74, 6) is 0.396. The number of hydrogen-bond acceptors (Lipinski definition) is 4. The number of nitrogens with zero attached hydrogens (tertiary/aromatic N) is 1. The molecule has 96 valence electrons. The van der Waals surface area contributed by atoms with Gasteiger partial charge in [0.05, 0.1) is 10.6 Å². The smallest absolute Gasteiger partial charge is 0.198 e. The molecule has 1 aromatic carbocycles. The summed E-state index contributed by atoms with van der Waals surface area (Å²) >= 11 is 3.31. The number of benzene rings is 1. The zero-order valence-electron chi connectivity index (χ0n) is 9.64. The van der Waals surface area contributed by atoms with Crippen molar-refractivity contribution in [2.24, 2.45) is 0 Å². The highest BCUT2D eigenvalue weighted by Crippen LogP contribution is 2.27. The topological polar surface area (TPSA) is 88.8 Å². The van der Waals surface area contributed by atoms with Gasteiger partial charge in [-0.25, -0.2) is 13.4 Å². The van der Waals surface area contributed by atoms with Crippen molar-refractivity contribution in [3.05, 3.63) is 28.9 Å². The Kier molecular flexibility index (Phi) is 3.45. The zero-order chi connectivity index (χ0) is 13.3. The predicted molar refractivity (Wildman–Crippen MR) is 73.9 cm³/mol. The Bertz CT molecular complexity index is 662. The van der Waals surface area contributed by atoms with E-state index in [1.54, 1.807) is 31.2 Å². The summed E-state index contributed by atoms with van der Waals surface area (Å²) in [5, 5.41) is 0. The fourth-order valence-corrected chi connectivity index (χ4v) is 2.95. The molecule has 7 heteroatoms. The first-order chi connectivity index (χ1) is 8.44. The number of nitrogens with one attached hydrogen (secondary N) is 1. The van der Waals surface area contributed by atoms with Crippen LogP contribution >= 0.6 is 15.9 Å². The van der Waals surface area contributed by atoms with E-state index in [4.69, 9.17) is 5.73 Å². The average molecular weight is 330 g/mol. The van der Waals surface area contributed by atoms with Gasteiger partial charge in [0.2, 0.25) is 0 Å². The highest BCUT2D eigenvalue weighted by atomic mass is 79.9. The van der Waals surface area contributed by atoms with E-state index in [1.807, 2.05) is 0 Å². The lowest BCUT2D eigenvalue weighted by atomic mass is 10.2. The van der Waals surface area contributed by atoms with Gasteiger partial charge in [-0.2, -0.15) is 0 Å². The maximum Gasteiger partial charge on any atom is 0.198 e. The summed E-state index contributed by atoms with van der Waals surface area (Å²) in [6.07, 6.45) is 0. The van der Waals surface area contributed by atoms with Crippen LogP contribution < -0.4 is 5.73 Å². The summed E-state index contributed by atoms with van der Waals surface area (Å²) in [6.45, 7) is 1.62. The number of H-pyrrole nitrogens is 1. The molecule has 1 aromatic heterocycles. The Morgan fingerprint density at radius 2 is 1.94 bits per heavy atom. The van der Waals surface area contributed by atoms with Crippen molar-refractivity contribution in [2.75, 3.05) is 11.5 Å². The first-order valence-corrected chi connectivity index (χ1v) is 7.72. The molecule has 0 unspecified atom stereocenters. The second kappa shape index (κ2) is 4.74. The number of nitrogens with two attached hydrogens (primary N) is 1. The number of sulfone groups is 1. The van der Waals surface area contributed by atoms with Crippen molar-refractivity contribution in [3.8, 4) is 11.3 Å². The molecule has 0 atom stereocenters. The van der Waals surface area contributed by atoms with Crippen LogP contribution in [0.15, 0.2) is 33.8 Å². The van der Waals surface area contributed by atoms with E-state index in [9.17, 15) is 8.42 Å². The van der Waals surface area contributed by atoms with Crippen molar-refractivity contribution in [1.82, 2.24) is 9.97 Å². The maximum absolute atomic E-state index is 11.7. The van der Waals surface area contributed by atoms with E-state index in [0.29, 0.717) is 21.1 Å². The molecule has 0 fully saturated rings. The molecule has 0 bridgehead atoms. The van der Waals surface area contributed by atoms with Crippen molar-refractivity contribution in [1.29, 1.82) is 0 Å². The molecule has 0 aliphatic heterocycles. The van der Waals surface area contributed by atoms with Gasteiger partial charge in [0, 0.05) is 5.56 Å². The molecule has 0 aliphatic carbocycles. The molecular weight excluding hydrogens is 318 g/mol. The Morgan fingerprint density at radius 1 is 1.33 bits per heavy atom. The van der Waals surface area contributed by atoms with E-state index in [2.05, 4.69) is 25.9 Å². The fraction of sp³-hybridized carbons (Fsp3) is 0.182. The third-order valence-electron chi connectivity index (χ3n) is 2.54. The van der Waals surface area contributed by atoms with Gasteiger partial charge in [-0.1, -0.05) is 19.1 Å². The zero-order valence-corrected chi connectivity index (χ0v) is 12.0. The number of hydrogen-bond donors (Lipinski definition) is 2. The van der Waals surface area contributed by atoms with E-state index in [1.165, 1.54) is 0 Å². The second-order valence-electron chi connectivity index (χ2n) is 3.71. The number of aromatic nitrogens is 2. The summed E-state index contributed by atoms with van der Waals surface area (Å²) < 4.78 is 24.0. The lowest BCUT2D eigenvalue weighted by Gasteiger charge is -2.02. The standard InChI is InChI=1S/C11H12BrN3O2S/c1-2-18(16,17)8-5-3-7(4-6-8)9-10(12)15-11(13)14-9/h3-6H,2H2,1H3,(H3,13,14,15). The lowest BCUT2D eigenvalue weighted by Crippen LogP contribution is -2.03. The average Bonchev–Trinajstić information content (AvgIpc) is 2.69. The highest BCUT2D eigenvalue weighted by molar-refractivity contribution is 9.10. The number of imidazole rings is 1. The van der Waals surface area contributed by atoms with Crippen LogP contribution in [0.2, 0.25) is 0 Å². The largest absolute Gasteiger partial charge is 0.369 e. The molecule has 18 heavy (non-hydrogen) atoms. The molecule has 2 aromatic rings. The van der Waals surface area contributed by atoms with Crippen LogP contribution in [0, 0.1) is 0 Å². The third-order valence-corrected chi connectivity index (χ3v) is 4.87. The van der Waals surface area contributed by atoms with E-state index in [-0.39, 0.29) is 5.75 Å². The van der Waals surface area contributed by atoms with Gasteiger partial charge in [-0.05, 0) is 28.1 Å². The van der Waals surface area contributed by atoms with Gasteiger partial charge >= 0.3 is 0 Å². The van der Waals surface area contributed by atoms with Crippen LogP contribution in [0.1, 0.15) is 6.92 Å². The van der Waals surface area contributed by atoms with Crippen LogP contribution in [-0.4, -0.2) is 24.1 Å². The number of nitrogen functional groups attached to an aromatic ring is 1. The molecule has 0 aliphatic rings. The fourth-order valence-electron chi connectivity index (χ4n) is 1.55. The normalized spacial score (nSPS) is 11.7. The van der Waals surface area contributed by atoms with Crippen molar-refractivity contribution >= 4 is 31.7 Å². The van der Waals surface area contributed by atoms with Crippen molar-refractivity contribution < 1.29 is 8.42 Å². The van der Waals surface area contributed by atoms with Crippen LogP contribution in [0.4, 0.5) is 5.95 Å². The molecule has 0 saturated heterocycles. The van der Waals surface area contributed by atoms with E-state index in [0.717, 1.165) is 5.56 Å². The van der Waals surface area contributed by atoms with Crippen LogP contribution in [0.5, 0.6) is 0 Å². The second-order valence-corrected chi connectivity index (χ2v) is 6.78. The number of anilines is 1. The van der Waals surface area contributed by atoms with Crippen LogP contribution in [-0.2, 0) is 9.84 Å². The molecule has 0 spiro atoms. The minimum Gasteiger partial charge on any atom is -0.369 e. The summed E-state index contributed by atoms with van der Waals surface area (Å²) in [5.41, 5.74) is 7.00. The van der Waals surface area contributed by atoms with Crippen molar-refractivity contribution in [2.45, 2.75) is 11.8 Å².